The fourth-order valence-corrected chi connectivity index (χ4v) is 1.10. The lowest BCUT2D eigenvalue weighted by molar-refractivity contribution is -0.115. The molecule has 1 heterocycles. The summed E-state index contributed by atoms with van der Waals surface area (Å²) in [6, 6.07) is 1.86. The van der Waals surface area contributed by atoms with E-state index in [1.165, 1.54) is 0 Å². The number of alkyl halides is 1. The molecule has 3 nitrogen and oxygen atoms in total. The van der Waals surface area contributed by atoms with Crippen molar-refractivity contribution in [1.29, 1.82) is 0 Å². The lowest BCUT2D eigenvalue weighted by atomic mass is 10.3. The Morgan fingerprint density at radius 2 is 2.38 bits per heavy atom. The summed E-state index contributed by atoms with van der Waals surface area (Å²) in [5, 5.41) is 2.70. The average Bonchev–Trinajstić information content (AvgIpc) is 2.04. The molecule has 0 atom stereocenters. The molecule has 0 aliphatic carbocycles. The van der Waals surface area contributed by atoms with Crippen LogP contribution in [-0.4, -0.2) is 16.8 Å². The lowest BCUT2D eigenvalue weighted by Gasteiger charge is -2.03. The summed E-state index contributed by atoms with van der Waals surface area (Å²) in [5.41, 5.74) is 1.73. The standard InChI is InChI=1S/C9H11ClN2O/c1-7-4-8(6-11-5-7)12-9(13)2-3-10/h4-6H,2-3H2,1H3,(H,12,13). The molecule has 0 saturated carbocycles. The third kappa shape index (κ3) is 3.42. The number of hydrogen-bond donors (Lipinski definition) is 1. The number of rotatable bonds is 3. The van der Waals surface area contributed by atoms with Crippen LogP contribution in [0.15, 0.2) is 18.5 Å². The maximum absolute atomic E-state index is 11.1. The Hall–Kier alpha value is -1.09. The molecule has 0 aliphatic rings. The van der Waals surface area contributed by atoms with E-state index in [0.29, 0.717) is 12.3 Å². The highest BCUT2D eigenvalue weighted by atomic mass is 35.5. The summed E-state index contributed by atoms with van der Waals surface area (Å²) in [7, 11) is 0. The zero-order valence-electron chi connectivity index (χ0n) is 7.38. The van der Waals surface area contributed by atoms with Crippen LogP contribution in [0.1, 0.15) is 12.0 Å². The Balaban J connectivity index is 2.58. The van der Waals surface area contributed by atoms with Gasteiger partial charge in [-0.15, -0.1) is 11.6 Å². The van der Waals surface area contributed by atoms with E-state index in [0.717, 1.165) is 11.3 Å². The highest BCUT2D eigenvalue weighted by Crippen LogP contribution is 2.07. The van der Waals surface area contributed by atoms with Crippen molar-refractivity contribution in [2.45, 2.75) is 13.3 Å². The van der Waals surface area contributed by atoms with Gasteiger partial charge >= 0.3 is 0 Å². The Labute approximate surface area is 82.1 Å². The Bertz CT molecular complexity index is 301. The molecule has 13 heavy (non-hydrogen) atoms. The number of anilines is 1. The molecule has 0 saturated heterocycles. The highest BCUT2D eigenvalue weighted by Gasteiger charge is 2.00. The maximum Gasteiger partial charge on any atom is 0.225 e. The van der Waals surface area contributed by atoms with E-state index >= 15 is 0 Å². The van der Waals surface area contributed by atoms with E-state index in [4.69, 9.17) is 11.6 Å². The fraction of sp³-hybridized carbons (Fsp3) is 0.333. The molecule has 0 aliphatic heterocycles. The molecule has 0 radical (unpaired) electrons. The number of nitrogens with zero attached hydrogens (tertiary/aromatic N) is 1. The maximum atomic E-state index is 11.1. The van der Waals surface area contributed by atoms with Crippen LogP contribution in [0.4, 0.5) is 5.69 Å². The predicted octanol–water partition coefficient (Wildman–Crippen LogP) is 1.96. The van der Waals surface area contributed by atoms with Crippen LogP contribution in [0.25, 0.3) is 0 Å². The summed E-state index contributed by atoms with van der Waals surface area (Å²) in [6.45, 7) is 1.92. The number of pyridine rings is 1. The topological polar surface area (TPSA) is 42.0 Å². The summed E-state index contributed by atoms with van der Waals surface area (Å²) in [6.07, 6.45) is 3.67. The average molecular weight is 199 g/mol. The van der Waals surface area contributed by atoms with Gasteiger partial charge in [0.15, 0.2) is 0 Å². The molecule has 0 bridgehead atoms. The smallest absolute Gasteiger partial charge is 0.225 e. The van der Waals surface area contributed by atoms with Gasteiger partial charge in [-0.25, -0.2) is 0 Å². The van der Waals surface area contributed by atoms with Crippen molar-refractivity contribution in [3.05, 3.63) is 24.0 Å². The van der Waals surface area contributed by atoms with Crippen molar-refractivity contribution >= 4 is 23.2 Å². The van der Waals surface area contributed by atoms with Gasteiger partial charge < -0.3 is 5.32 Å². The molecule has 0 unspecified atom stereocenters. The van der Waals surface area contributed by atoms with E-state index in [9.17, 15) is 4.79 Å². The van der Waals surface area contributed by atoms with E-state index < -0.39 is 0 Å². The van der Waals surface area contributed by atoms with Gasteiger partial charge in [-0.05, 0) is 18.6 Å². The van der Waals surface area contributed by atoms with Gasteiger partial charge in [0.05, 0.1) is 11.9 Å². The predicted molar refractivity (Wildman–Crippen MR) is 52.9 cm³/mol. The number of carbonyl (C=O) groups excluding carboxylic acids is 1. The third-order valence-electron chi connectivity index (χ3n) is 1.48. The van der Waals surface area contributed by atoms with Gasteiger partial charge in [-0.1, -0.05) is 0 Å². The molecular formula is C9H11ClN2O. The van der Waals surface area contributed by atoms with Crippen LogP contribution in [0, 0.1) is 6.92 Å². The summed E-state index contributed by atoms with van der Waals surface area (Å²) < 4.78 is 0. The SMILES string of the molecule is Cc1cncc(NC(=O)CCCl)c1. The van der Waals surface area contributed by atoms with E-state index in [1.54, 1.807) is 12.4 Å². The van der Waals surface area contributed by atoms with Crippen molar-refractivity contribution in [2.75, 3.05) is 11.2 Å². The Morgan fingerprint density at radius 3 is 3.00 bits per heavy atom. The Kier molecular flexibility index (Phi) is 3.71. The molecule has 0 aromatic carbocycles. The van der Waals surface area contributed by atoms with Crippen molar-refractivity contribution in [1.82, 2.24) is 4.98 Å². The lowest BCUT2D eigenvalue weighted by Crippen LogP contribution is -2.11. The molecule has 4 heteroatoms. The first-order chi connectivity index (χ1) is 6.22. The second-order valence-electron chi connectivity index (χ2n) is 2.74. The van der Waals surface area contributed by atoms with Gasteiger partial charge in [-0.3, -0.25) is 9.78 Å². The van der Waals surface area contributed by atoms with Crippen molar-refractivity contribution in [3.63, 3.8) is 0 Å². The van der Waals surface area contributed by atoms with Crippen LogP contribution >= 0.6 is 11.6 Å². The van der Waals surface area contributed by atoms with Gasteiger partial charge in [-0.2, -0.15) is 0 Å². The number of halogens is 1. The molecule has 70 valence electrons. The summed E-state index contributed by atoms with van der Waals surface area (Å²) >= 11 is 5.42. The van der Waals surface area contributed by atoms with Gasteiger partial charge in [0.25, 0.3) is 0 Å². The minimum absolute atomic E-state index is 0.0811. The van der Waals surface area contributed by atoms with Crippen LogP contribution in [0.3, 0.4) is 0 Å². The third-order valence-corrected chi connectivity index (χ3v) is 1.67. The summed E-state index contributed by atoms with van der Waals surface area (Å²) in [4.78, 5) is 15.1. The number of carbonyl (C=O) groups is 1. The normalized spacial score (nSPS) is 9.69. The quantitative estimate of drug-likeness (QED) is 0.755. The number of hydrogen-bond acceptors (Lipinski definition) is 2. The zero-order chi connectivity index (χ0) is 9.68. The first-order valence-corrected chi connectivity index (χ1v) is 4.53. The van der Waals surface area contributed by atoms with E-state index in [2.05, 4.69) is 10.3 Å². The minimum Gasteiger partial charge on any atom is -0.325 e. The number of aromatic nitrogens is 1. The molecule has 1 aromatic rings. The van der Waals surface area contributed by atoms with Gasteiger partial charge in [0.1, 0.15) is 0 Å². The molecule has 1 aromatic heterocycles. The largest absolute Gasteiger partial charge is 0.325 e. The zero-order valence-corrected chi connectivity index (χ0v) is 8.14. The second-order valence-corrected chi connectivity index (χ2v) is 3.12. The van der Waals surface area contributed by atoms with Crippen LogP contribution < -0.4 is 5.32 Å². The minimum atomic E-state index is -0.0811. The van der Waals surface area contributed by atoms with E-state index in [1.807, 2.05) is 13.0 Å². The van der Waals surface area contributed by atoms with E-state index in [-0.39, 0.29) is 5.91 Å². The number of aryl methyl sites for hydroxylation is 1. The van der Waals surface area contributed by atoms with Crippen LogP contribution in [0.5, 0.6) is 0 Å². The van der Waals surface area contributed by atoms with Crippen LogP contribution in [-0.2, 0) is 4.79 Å². The molecular weight excluding hydrogens is 188 g/mol. The van der Waals surface area contributed by atoms with Crippen molar-refractivity contribution < 1.29 is 4.79 Å². The molecule has 0 spiro atoms. The van der Waals surface area contributed by atoms with Crippen LogP contribution in [0.2, 0.25) is 0 Å². The van der Waals surface area contributed by atoms with Gasteiger partial charge in [0, 0.05) is 18.5 Å². The monoisotopic (exact) mass is 198 g/mol. The summed E-state index contributed by atoms with van der Waals surface area (Å²) in [5.74, 6) is 0.257. The first kappa shape index (κ1) is 9.99. The number of amides is 1. The fourth-order valence-electron chi connectivity index (χ4n) is 0.933. The van der Waals surface area contributed by atoms with Crippen molar-refractivity contribution in [3.8, 4) is 0 Å². The van der Waals surface area contributed by atoms with Gasteiger partial charge in [0.2, 0.25) is 5.91 Å². The Morgan fingerprint density at radius 1 is 1.62 bits per heavy atom. The second kappa shape index (κ2) is 4.82. The highest BCUT2D eigenvalue weighted by molar-refractivity contribution is 6.19. The first-order valence-electron chi connectivity index (χ1n) is 4.00. The molecule has 0 fully saturated rings. The molecule has 1 amide bonds. The van der Waals surface area contributed by atoms with Crippen molar-refractivity contribution in [2.24, 2.45) is 0 Å². The molecule has 1 N–H and O–H groups in total. The number of nitrogens with one attached hydrogen (secondary N) is 1. The molecule has 1 rings (SSSR count).